The van der Waals surface area contributed by atoms with Crippen molar-refractivity contribution in [3.05, 3.63) is 76.3 Å². The van der Waals surface area contributed by atoms with E-state index in [1.165, 1.54) is 54.7 Å². The lowest BCUT2D eigenvalue weighted by Gasteiger charge is -2.32. The Bertz CT molecular complexity index is 4000. The van der Waals surface area contributed by atoms with Gasteiger partial charge in [-0.05, 0) is 75.5 Å². The van der Waals surface area contributed by atoms with E-state index in [9.17, 15) is 52.0 Å². The number of sulfonamides is 4. The lowest BCUT2D eigenvalue weighted by atomic mass is 10.1. The maximum absolute atomic E-state index is 12.9. The van der Waals surface area contributed by atoms with Crippen LogP contribution in [0.2, 0.25) is 0 Å². The number of ketones is 1. The van der Waals surface area contributed by atoms with Crippen molar-refractivity contribution >= 4 is 168 Å². The Morgan fingerprint density at radius 2 is 0.875 bits per heavy atom. The molecule has 0 saturated carbocycles. The Kier molecular flexibility index (Phi) is 38.8. The normalized spacial score (nSPS) is 18.5. The summed E-state index contributed by atoms with van der Waals surface area (Å²) in [6.45, 7) is 8.10. The second kappa shape index (κ2) is 42.6. The largest absolute Gasteiger partial charge is 0.391 e. The minimum atomic E-state index is -4.08. The molecule has 542 valence electrons. The fraction of sp³-hybridized carbons (Fsp3) is 0.531. The minimum absolute atomic E-state index is 0.00891. The van der Waals surface area contributed by atoms with Gasteiger partial charge in [-0.1, -0.05) is 24.6 Å². The molecule has 0 radical (unpaired) electrons. The number of aryl methyl sites for hydroxylation is 1. The van der Waals surface area contributed by atoms with Gasteiger partial charge in [-0.2, -0.15) is 59.3 Å². The van der Waals surface area contributed by atoms with Gasteiger partial charge in [-0.25, -0.2) is 33.7 Å². The van der Waals surface area contributed by atoms with Crippen LogP contribution in [0.1, 0.15) is 83.5 Å². The number of rotatable bonds is 21. The van der Waals surface area contributed by atoms with E-state index in [1.807, 2.05) is 13.8 Å². The Balaban J connectivity index is 0.000000417. The molecule has 0 spiro atoms. The van der Waals surface area contributed by atoms with Crippen LogP contribution >= 0.6 is 45.3 Å². The van der Waals surface area contributed by atoms with Crippen LogP contribution in [0.3, 0.4) is 0 Å². The van der Waals surface area contributed by atoms with Crippen LogP contribution < -0.4 is 28.3 Å². The van der Waals surface area contributed by atoms with Gasteiger partial charge in [0.25, 0.3) is 50.2 Å². The lowest BCUT2D eigenvalue weighted by molar-refractivity contribution is 0.0952. The molecule has 0 aliphatic carbocycles. The second-order valence-electron chi connectivity index (χ2n) is 19.5. The first-order valence-electron chi connectivity index (χ1n) is 27.4. The maximum Gasteiger partial charge on any atom is 0.335 e. The number of methoxy groups -OCH3 is 4. The van der Waals surface area contributed by atoms with Crippen LogP contribution in [0.4, 0.5) is 20.0 Å². The van der Waals surface area contributed by atoms with Gasteiger partial charge < -0.3 is 52.3 Å². The summed E-state index contributed by atoms with van der Waals surface area (Å²) in [5.74, 6) is -0.204. The van der Waals surface area contributed by atoms with Crippen molar-refractivity contribution in [2.75, 3.05) is 137 Å². The zero-order chi connectivity index (χ0) is 72.8. The summed E-state index contributed by atoms with van der Waals surface area (Å²) in [4.78, 5) is 11.9. The monoisotopic (exact) mass is 1600 g/mol. The highest BCUT2D eigenvalue weighted by Crippen LogP contribution is 2.44. The third-order valence-corrected chi connectivity index (χ3v) is 27.9. The van der Waals surface area contributed by atoms with E-state index >= 15 is 0 Å². The molecule has 96 heavy (non-hydrogen) atoms. The summed E-state index contributed by atoms with van der Waals surface area (Å²) in [6, 6.07) is 12.5. The number of nitrogens with one attached hydrogen (secondary N) is 1. The van der Waals surface area contributed by atoms with E-state index in [4.69, 9.17) is 79.7 Å². The molecule has 4 aliphatic heterocycles. The van der Waals surface area contributed by atoms with Crippen molar-refractivity contribution < 1.29 is 109 Å². The average molecular weight is 1610 g/mol. The Morgan fingerprint density at radius 1 is 0.531 bits per heavy atom. The van der Waals surface area contributed by atoms with Crippen LogP contribution in [-0.4, -0.2) is 218 Å². The van der Waals surface area contributed by atoms with Crippen LogP contribution in [0, 0.1) is 6.92 Å². The molecule has 3 atom stereocenters. The van der Waals surface area contributed by atoms with Crippen molar-refractivity contribution in [2.24, 2.45) is 0 Å². The standard InChI is InChI=1S/C17H22N2O6S3.C12H21N3O3S2.C10H16N2O4S2.C10H14N2O4S2.4O2S/c1-12-4-6-13(7-5-12)28(22,23)25-15-11-19(8-3-9-24-2)27(20,21)17-14(15)10-16(18)26-17;1-3-14-10-8-15(5-4-6-18-2)20(16,17)12-9(10)7-11(13)19-12;2*1-16-4-2-3-12-6-8(13)7-5-9(11)17-10(7)18(12,14)15;4*1-3-2/h4-7,10,15H,3,8-9,11,18H2,1-2H3;7,10,14H,3-6,8,13H2,1-2H3;5,8,13H,2-4,6,11H2,1H3;5H,2-4,6,11H2,1H3;;;;/t;10-;;;;;;/m.0....../s1. The Labute approximate surface area is 586 Å². The smallest absolute Gasteiger partial charge is 0.335 e. The van der Waals surface area contributed by atoms with E-state index in [0.717, 1.165) is 63.0 Å². The van der Waals surface area contributed by atoms with E-state index in [-0.39, 0.29) is 78.2 Å². The van der Waals surface area contributed by atoms with Crippen molar-refractivity contribution in [3.63, 3.8) is 0 Å². The predicted octanol–water partition coefficient (Wildman–Crippen LogP) is 1.43. The maximum atomic E-state index is 12.9. The van der Waals surface area contributed by atoms with Gasteiger partial charge in [0.05, 0.1) is 43.1 Å². The highest BCUT2D eigenvalue weighted by molar-refractivity contribution is 7.92. The summed E-state index contributed by atoms with van der Waals surface area (Å²) >= 11 is 0.997. The highest BCUT2D eigenvalue weighted by Gasteiger charge is 2.43. The molecule has 9 rings (SSSR count). The van der Waals surface area contributed by atoms with E-state index in [2.05, 4.69) is 5.32 Å². The molecule has 47 heteroatoms. The quantitative estimate of drug-likeness (QED) is 0.0447. The molecule has 8 heterocycles. The van der Waals surface area contributed by atoms with Gasteiger partial charge in [0, 0.05) is 123 Å². The molecule has 2 unspecified atom stereocenters. The molecule has 0 amide bonds. The number of likely N-dealkylation sites (N-methyl/N-ethyl adjacent to an activating group) is 1. The number of hydrogen-bond acceptors (Lipinski definition) is 34. The number of hydrogen-bond donors (Lipinski definition) is 6. The number of nitrogen functional groups attached to an aromatic ring is 4. The zero-order valence-electron chi connectivity index (χ0n) is 52.0. The SMILES string of the molecule is CCN[C@H]1CN(CCCOC)S(=O)(=O)c2sc(N)cc21.COCCCN1CC(=O)c2cc(N)sc2S1(=O)=O.COCCCN1CC(O)c2cc(N)sc2S1(=O)=O.COCCCN1CC(OS(=O)(=O)c2ccc(C)cc2)c2cc(N)sc2S1(=O)=O.O=S=O.O=S=O.O=S=O.O=S=O. The zero-order valence-corrected chi connectivity index (χ0v) is 62.6. The van der Waals surface area contributed by atoms with Gasteiger partial charge in [0.2, 0.25) is 0 Å². The first-order valence-corrected chi connectivity index (χ1v) is 40.5. The number of aliphatic hydroxyl groups excluding tert-OH is 1. The number of benzene rings is 1. The number of ether oxygens (including phenoxy) is 4. The van der Waals surface area contributed by atoms with Crippen LogP contribution in [0.5, 0.6) is 0 Å². The van der Waals surface area contributed by atoms with Gasteiger partial charge in [-0.3, -0.25) is 8.98 Å². The molecule has 4 aromatic heterocycles. The van der Waals surface area contributed by atoms with E-state index in [0.29, 0.717) is 96.5 Å². The average Bonchev–Trinajstić information content (AvgIpc) is 1.54. The number of Topliss-reactive ketones (excluding diaryl/α,β-unsaturated/α-hetero) is 1. The topological polar surface area (TPSA) is 520 Å². The fourth-order valence-electron chi connectivity index (χ4n) is 9.07. The van der Waals surface area contributed by atoms with Gasteiger partial charge in [0.1, 0.15) is 22.9 Å². The fourth-order valence-corrected chi connectivity index (χ4v) is 22.7. The third-order valence-electron chi connectivity index (χ3n) is 13.1. The van der Waals surface area contributed by atoms with Crippen molar-refractivity contribution in [2.45, 2.75) is 79.5 Å². The molecular weight excluding hydrogens is 1530 g/mol. The number of nitrogens with zero attached hydrogens (tertiary/aromatic N) is 4. The molecule has 0 bridgehead atoms. The molecule has 0 fully saturated rings. The first kappa shape index (κ1) is 87.6. The van der Waals surface area contributed by atoms with Gasteiger partial charge >= 0.3 is 46.3 Å². The van der Waals surface area contributed by atoms with E-state index < -0.39 is 109 Å². The van der Waals surface area contributed by atoms with Crippen molar-refractivity contribution in [1.29, 1.82) is 0 Å². The number of aliphatic hydroxyl groups is 1. The summed E-state index contributed by atoms with van der Waals surface area (Å²) in [5, 5.41) is 14.8. The molecular formula is C49H73N9O25S13. The molecule has 5 aromatic rings. The van der Waals surface area contributed by atoms with Crippen molar-refractivity contribution in [3.8, 4) is 0 Å². The minimum Gasteiger partial charge on any atom is -0.391 e. The summed E-state index contributed by atoms with van der Waals surface area (Å²) < 4.78 is 223. The summed E-state index contributed by atoms with van der Waals surface area (Å²) in [7, 11) is -12.1. The first-order chi connectivity index (χ1) is 45.2. The second-order valence-corrected chi connectivity index (χ2v) is 34.5. The predicted molar refractivity (Wildman–Crippen MR) is 360 cm³/mol. The van der Waals surface area contributed by atoms with E-state index in [1.54, 1.807) is 39.5 Å². The lowest BCUT2D eigenvalue weighted by Crippen LogP contribution is -2.43. The number of carbonyl (C=O) groups excluding carboxylic acids is 1. The van der Waals surface area contributed by atoms with Crippen molar-refractivity contribution in [1.82, 2.24) is 22.5 Å². The van der Waals surface area contributed by atoms with Gasteiger partial charge in [-0.15, -0.1) is 45.3 Å². The number of nitrogens with two attached hydrogens (primary N) is 4. The van der Waals surface area contributed by atoms with Crippen LogP contribution in [0.15, 0.2) is 70.3 Å². The van der Waals surface area contributed by atoms with Gasteiger partial charge in [0.15, 0.2) is 5.78 Å². The molecule has 4 aliphatic rings. The number of fused-ring (bicyclic) bond motifs is 4. The summed E-state index contributed by atoms with van der Waals surface area (Å²) in [6.07, 6.45) is 0.534. The third kappa shape index (κ3) is 25.0. The molecule has 34 nitrogen and oxygen atoms in total. The number of β-amino-alcohol motifs (C(OH)–C–C–N with tert-alkyl or cyclic N) is 1. The summed E-state index contributed by atoms with van der Waals surface area (Å²) in [5.41, 5.74) is 25.4. The highest BCUT2D eigenvalue weighted by atomic mass is 32.3. The number of carbonyl (C=O) groups is 1. The molecule has 10 N–H and O–H groups in total. The number of anilines is 4. The number of thiophene rings is 4. The Morgan fingerprint density at radius 3 is 1.30 bits per heavy atom. The molecule has 1 aromatic carbocycles. The Hall–Kier alpha value is -4.52. The molecule has 0 saturated heterocycles. The van der Waals surface area contributed by atoms with Crippen LogP contribution in [-0.2, 0) is 120 Å². The van der Waals surface area contributed by atoms with Crippen LogP contribution in [0.25, 0.3) is 0 Å².